The predicted octanol–water partition coefficient (Wildman–Crippen LogP) is 2.78. The number of carbonyl (C=O) groups excluding carboxylic acids is 1. The predicted molar refractivity (Wildman–Crippen MR) is 88.7 cm³/mol. The summed E-state index contributed by atoms with van der Waals surface area (Å²) >= 11 is 0. The van der Waals surface area contributed by atoms with Crippen LogP contribution in [0, 0.1) is 5.92 Å². The number of benzene rings is 2. The van der Waals surface area contributed by atoms with E-state index in [9.17, 15) is 4.79 Å². The lowest BCUT2D eigenvalue weighted by molar-refractivity contribution is -0.135. The van der Waals surface area contributed by atoms with Gasteiger partial charge in [0.25, 0.3) is 0 Å². The van der Waals surface area contributed by atoms with E-state index in [2.05, 4.69) is 0 Å². The fraction of sp³-hybridized carbons (Fsp3) is 0.316. The average molecular weight is 311 g/mol. The number of fused-ring (bicyclic) bond motifs is 1. The van der Waals surface area contributed by atoms with E-state index in [0.29, 0.717) is 19.8 Å². The molecular formula is C19H21NO3. The second-order valence-corrected chi connectivity index (χ2v) is 5.74. The van der Waals surface area contributed by atoms with Crippen molar-refractivity contribution in [2.24, 2.45) is 5.92 Å². The largest absolute Gasteiger partial charge is 0.492 e. The van der Waals surface area contributed by atoms with Crippen molar-refractivity contribution >= 4 is 5.91 Å². The van der Waals surface area contributed by atoms with Gasteiger partial charge in [-0.2, -0.15) is 0 Å². The van der Waals surface area contributed by atoms with E-state index in [1.807, 2.05) is 61.6 Å². The van der Waals surface area contributed by atoms with Gasteiger partial charge in [0.05, 0.1) is 12.5 Å². The van der Waals surface area contributed by atoms with Crippen LogP contribution in [0.25, 0.3) is 0 Å². The van der Waals surface area contributed by atoms with Crippen LogP contribution in [0.2, 0.25) is 0 Å². The summed E-state index contributed by atoms with van der Waals surface area (Å²) in [6.07, 6.45) is 0.735. The van der Waals surface area contributed by atoms with Crippen molar-refractivity contribution in [3.8, 4) is 11.5 Å². The van der Waals surface area contributed by atoms with E-state index in [0.717, 1.165) is 23.5 Å². The highest BCUT2D eigenvalue weighted by molar-refractivity contribution is 5.79. The fourth-order valence-electron chi connectivity index (χ4n) is 2.73. The molecule has 0 spiro atoms. The van der Waals surface area contributed by atoms with Crippen molar-refractivity contribution in [1.29, 1.82) is 0 Å². The molecular weight excluding hydrogens is 290 g/mol. The molecule has 4 heteroatoms. The van der Waals surface area contributed by atoms with Gasteiger partial charge in [0.1, 0.15) is 24.7 Å². The van der Waals surface area contributed by atoms with Gasteiger partial charge in [-0.05, 0) is 30.2 Å². The molecule has 2 aromatic carbocycles. The van der Waals surface area contributed by atoms with Gasteiger partial charge in [-0.3, -0.25) is 4.79 Å². The number of hydrogen-bond acceptors (Lipinski definition) is 3. The molecule has 1 amide bonds. The fourth-order valence-corrected chi connectivity index (χ4v) is 2.73. The summed E-state index contributed by atoms with van der Waals surface area (Å²) in [5, 5.41) is 0. The van der Waals surface area contributed by atoms with Crippen LogP contribution in [-0.2, 0) is 11.2 Å². The van der Waals surface area contributed by atoms with Crippen LogP contribution in [0.5, 0.6) is 11.5 Å². The van der Waals surface area contributed by atoms with E-state index in [1.54, 1.807) is 4.90 Å². The number of carbonyl (C=O) groups is 1. The summed E-state index contributed by atoms with van der Waals surface area (Å²) in [5.74, 6) is 1.71. The summed E-state index contributed by atoms with van der Waals surface area (Å²) in [4.78, 5) is 14.3. The Balaban J connectivity index is 1.50. The minimum absolute atomic E-state index is 0.108. The molecule has 0 aliphatic carbocycles. The van der Waals surface area contributed by atoms with Crippen molar-refractivity contribution < 1.29 is 14.3 Å². The summed E-state index contributed by atoms with van der Waals surface area (Å²) in [7, 11) is 1.82. The van der Waals surface area contributed by atoms with Crippen molar-refractivity contribution in [2.45, 2.75) is 6.42 Å². The molecule has 0 N–H and O–H groups in total. The molecule has 1 heterocycles. The van der Waals surface area contributed by atoms with Gasteiger partial charge in [0.2, 0.25) is 5.91 Å². The molecule has 0 aromatic heterocycles. The number of amides is 1. The molecule has 0 saturated carbocycles. The zero-order chi connectivity index (χ0) is 16.1. The number of rotatable bonds is 5. The summed E-state index contributed by atoms with van der Waals surface area (Å²) < 4.78 is 11.3. The molecule has 23 heavy (non-hydrogen) atoms. The Morgan fingerprint density at radius 1 is 1.17 bits per heavy atom. The van der Waals surface area contributed by atoms with Crippen molar-refractivity contribution in [1.82, 2.24) is 4.90 Å². The lowest BCUT2D eigenvalue weighted by Gasteiger charge is -2.28. The molecule has 1 unspecified atom stereocenters. The molecule has 0 fully saturated rings. The zero-order valence-electron chi connectivity index (χ0n) is 13.3. The third-order valence-corrected chi connectivity index (χ3v) is 4.04. The quantitative estimate of drug-likeness (QED) is 0.852. The molecule has 120 valence electrons. The van der Waals surface area contributed by atoms with Crippen molar-refractivity contribution in [3.63, 3.8) is 0 Å². The van der Waals surface area contributed by atoms with Crippen molar-refractivity contribution in [3.05, 3.63) is 60.2 Å². The first kappa shape index (κ1) is 15.4. The minimum Gasteiger partial charge on any atom is -0.492 e. The van der Waals surface area contributed by atoms with Crippen LogP contribution >= 0.6 is 0 Å². The van der Waals surface area contributed by atoms with E-state index in [1.165, 1.54) is 0 Å². The van der Waals surface area contributed by atoms with Gasteiger partial charge < -0.3 is 14.4 Å². The van der Waals surface area contributed by atoms with E-state index in [4.69, 9.17) is 9.47 Å². The highest BCUT2D eigenvalue weighted by atomic mass is 16.5. The van der Waals surface area contributed by atoms with E-state index in [-0.39, 0.29) is 11.8 Å². The van der Waals surface area contributed by atoms with Crippen LogP contribution in [0.3, 0.4) is 0 Å². The average Bonchev–Trinajstić information content (AvgIpc) is 2.61. The van der Waals surface area contributed by atoms with Crippen LogP contribution in [0.4, 0.5) is 0 Å². The summed E-state index contributed by atoms with van der Waals surface area (Å²) in [6, 6.07) is 17.5. The van der Waals surface area contributed by atoms with Gasteiger partial charge >= 0.3 is 0 Å². The molecule has 0 saturated heterocycles. The second-order valence-electron chi connectivity index (χ2n) is 5.74. The van der Waals surface area contributed by atoms with Gasteiger partial charge in [-0.25, -0.2) is 0 Å². The van der Waals surface area contributed by atoms with Crippen LogP contribution < -0.4 is 9.47 Å². The smallest absolute Gasteiger partial charge is 0.229 e. The van der Waals surface area contributed by atoms with Crippen LogP contribution in [0.15, 0.2) is 54.6 Å². The maximum Gasteiger partial charge on any atom is 0.229 e. The first-order valence-corrected chi connectivity index (χ1v) is 7.87. The molecule has 0 bridgehead atoms. The number of para-hydroxylation sites is 2. The van der Waals surface area contributed by atoms with Gasteiger partial charge in [-0.1, -0.05) is 36.4 Å². The Hall–Kier alpha value is -2.49. The molecule has 1 aliphatic rings. The molecule has 4 nitrogen and oxygen atoms in total. The van der Waals surface area contributed by atoms with Crippen LogP contribution in [0.1, 0.15) is 5.56 Å². The number of hydrogen-bond donors (Lipinski definition) is 0. The third-order valence-electron chi connectivity index (χ3n) is 4.04. The monoisotopic (exact) mass is 311 g/mol. The van der Waals surface area contributed by atoms with E-state index < -0.39 is 0 Å². The number of nitrogens with zero attached hydrogens (tertiary/aromatic N) is 1. The Morgan fingerprint density at radius 3 is 2.74 bits per heavy atom. The summed E-state index contributed by atoms with van der Waals surface area (Å²) in [6.45, 7) is 1.49. The Labute approximate surface area is 136 Å². The highest BCUT2D eigenvalue weighted by Gasteiger charge is 2.27. The molecule has 2 aromatic rings. The molecule has 3 rings (SSSR count). The second kappa shape index (κ2) is 7.18. The molecule has 0 radical (unpaired) electrons. The van der Waals surface area contributed by atoms with Gasteiger partial charge in [-0.15, -0.1) is 0 Å². The SMILES string of the molecule is CN(CCOc1ccccc1)C(=O)C1COc2ccccc2C1. The zero-order valence-corrected chi connectivity index (χ0v) is 13.3. The normalized spacial score (nSPS) is 16.1. The molecule has 1 aliphatic heterocycles. The van der Waals surface area contributed by atoms with Crippen molar-refractivity contribution in [2.75, 3.05) is 26.8 Å². The lowest BCUT2D eigenvalue weighted by atomic mass is 9.95. The van der Waals surface area contributed by atoms with Gasteiger partial charge in [0.15, 0.2) is 0 Å². The number of likely N-dealkylation sites (N-methyl/N-ethyl adjacent to an activating group) is 1. The van der Waals surface area contributed by atoms with Crippen LogP contribution in [-0.4, -0.2) is 37.6 Å². The minimum atomic E-state index is -0.119. The third kappa shape index (κ3) is 3.83. The standard InChI is InChI=1S/C19H21NO3/c1-20(11-12-22-17-8-3-2-4-9-17)19(21)16-13-15-7-5-6-10-18(15)23-14-16/h2-10,16H,11-14H2,1H3. The van der Waals surface area contributed by atoms with Gasteiger partial charge in [0, 0.05) is 7.05 Å². The highest BCUT2D eigenvalue weighted by Crippen LogP contribution is 2.27. The maximum atomic E-state index is 12.5. The lowest BCUT2D eigenvalue weighted by Crippen LogP contribution is -2.40. The maximum absolute atomic E-state index is 12.5. The number of ether oxygens (including phenoxy) is 2. The Bertz CT molecular complexity index is 657. The first-order chi connectivity index (χ1) is 11.2. The van der Waals surface area contributed by atoms with E-state index >= 15 is 0 Å². The summed E-state index contributed by atoms with van der Waals surface area (Å²) in [5.41, 5.74) is 1.10. The first-order valence-electron chi connectivity index (χ1n) is 7.87. The Morgan fingerprint density at radius 2 is 1.91 bits per heavy atom. The Kier molecular flexibility index (Phi) is 4.81. The topological polar surface area (TPSA) is 38.8 Å². The molecule has 1 atom stereocenters.